The van der Waals surface area contributed by atoms with Gasteiger partial charge in [-0.25, -0.2) is 9.97 Å². The zero-order valence-corrected chi connectivity index (χ0v) is 13.4. The third kappa shape index (κ3) is 2.87. The molecule has 116 valence electrons. The highest BCUT2D eigenvalue weighted by atomic mass is 32.1. The quantitative estimate of drug-likeness (QED) is 0.450. The van der Waals surface area contributed by atoms with Crippen molar-refractivity contribution in [3.8, 4) is 11.1 Å². The number of anilines is 1. The molecule has 0 aliphatic rings. The van der Waals surface area contributed by atoms with Crippen LogP contribution in [0.15, 0.2) is 71.7 Å². The summed E-state index contributed by atoms with van der Waals surface area (Å²) in [4.78, 5) is 13.7. The molecule has 5 nitrogen and oxygen atoms in total. The van der Waals surface area contributed by atoms with Gasteiger partial charge in [0, 0.05) is 28.9 Å². The molecule has 24 heavy (non-hydrogen) atoms. The Morgan fingerprint density at radius 3 is 2.79 bits per heavy atom. The molecular formula is C18H13N5S. The van der Waals surface area contributed by atoms with Crippen molar-refractivity contribution in [1.82, 2.24) is 15.0 Å². The van der Waals surface area contributed by atoms with Gasteiger partial charge in [-0.1, -0.05) is 36.4 Å². The summed E-state index contributed by atoms with van der Waals surface area (Å²) in [5, 5.41) is 7.36. The predicted octanol–water partition coefficient (Wildman–Crippen LogP) is 4.20. The van der Waals surface area contributed by atoms with Gasteiger partial charge in [0.1, 0.15) is 11.2 Å². The van der Waals surface area contributed by atoms with Gasteiger partial charge in [-0.15, -0.1) is 11.3 Å². The fourth-order valence-electron chi connectivity index (χ4n) is 2.41. The van der Waals surface area contributed by atoms with Crippen molar-refractivity contribution < 1.29 is 0 Å². The lowest BCUT2D eigenvalue weighted by Crippen LogP contribution is -1.95. The van der Waals surface area contributed by atoms with Gasteiger partial charge < -0.3 is 0 Å². The summed E-state index contributed by atoms with van der Waals surface area (Å²) in [5.41, 5.74) is 6.19. The van der Waals surface area contributed by atoms with E-state index in [2.05, 4.69) is 43.0 Å². The minimum Gasteiger partial charge on any atom is -0.264 e. The largest absolute Gasteiger partial charge is 0.264 e. The fraction of sp³-hybridized carbons (Fsp3) is 0. The number of hydrazone groups is 1. The standard InChI is InChI=1S/C18H13N5S/c1-2-6-14(7-3-1)15-11-24-18-16(15)17(20-12-21-18)23-22-10-13-5-4-8-19-9-13/h1-12H,(H,20,21,23)/b22-10+. The SMILES string of the molecule is C(=N\Nc1ncnc2scc(-c3ccccc3)c12)/c1cccnc1. The molecule has 4 aromatic rings. The Hall–Kier alpha value is -3.12. The first-order valence-electron chi connectivity index (χ1n) is 7.38. The monoisotopic (exact) mass is 331 g/mol. The highest BCUT2D eigenvalue weighted by Crippen LogP contribution is 2.36. The molecule has 0 atom stereocenters. The van der Waals surface area contributed by atoms with E-state index in [9.17, 15) is 0 Å². The normalized spacial score (nSPS) is 11.2. The molecule has 3 aromatic heterocycles. The van der Waals surface area contributed by atoms with Crippen LogP contribution in [0.5, 0.6) is 0 Å². The summed E-state index contributed by atoms with van der Waals surface area (Å²) in [6.07, 6.45) is 6.75. The maximum absolute atomic E-state index is 4.36. The van der Waals surface area contributed by atoms with E-state index < -0.39 is 0 Å². The predicted molar refractivity (Wildman–Crippen MR) is 98.3 cm³/mol. The number of benzene rings is 1. The number of pyridine rings is 1. The molecule has 4 rings (SSSR count). The first-order valence-corrected chi connectivity index (χ1v) is 8.26. The van der Waals surface area contributed by atoms with E-state index >= 15 is 0 Å². The molecule has 0 fully saturated rings. The average molecular weight is 331 g/mol. The van der Waals surface area contributed by atoms with Crippen LogP contribution in [-0.2, 0) is 0 Å². The Morgan fingerprint density at radius 2 is 1.96 bits per heavy atom. The first kappa shape index (κ1) is 14.5. The van der Waals surface area contributed by atoms with E-state index in [-0.39, 0.29) is 0 Å². The van der Waals surface area contributed by atoms with Gasteiger partial charge in [0.05, 0.1) is 11.6 Å². The van der Waals surface area contributed by atoms with Crippen LogP contribution >= 0.6 is 11.3 Å². The van der Waals surface area contributed by atoms with Crippen molar-refractivity contribution in [3.63, 3.8) is 0 Å². The number of nitrogens with zero attached hydrogens (tertiary/aromatic N) is 4. The third-order valence-electron chi connectivity index (χ3n) is 3.52. The molecule has 0 aliphatic carbocycles. The Bertz CT molecular complexity index is 980. The molecule has 0 saturated carbocycles. The fourth-order valence-corrected chi connectivity index (χ4v) is 3.33. The zero-order valence-electron chi connectivity index (χ0n) is 12.6. The number of rotatable bonds is 4. The van der Waals surface area contributed by atoms with Gasteiger partial charge in [0.2, 0.25) is 0 Å². The molecule has 0 bridgehead atoms. The molecule has 0 saturated heterocycles. The number of aromatic nitrogens is 3. The molecule has 3 heterocycles. The van der Waals surface area contributed by atoms with Crippen molar-refractivity contribution in [2.24, 2.45) is 5.10 Å². The van der Waals surface area contributed by atoms with Gasteiger partial charge in [-0.2, -0.15) is 5.10 Å². The van der Waals surface area contributed by atoms with Gasteiger partial charge in [0.15, 0.2) is 5.82 Å². The molecule has 0 unspecified atom stereocenters. The lowest BCUT2D eigenvalue weighted by atomic mass is 10.1. The molecule has 0 amide bonds. The van der Waals surface area contributed by atoms with E-state index in [0.717, 1.165) is 26.9 Å². The van der Waals surface area contributed by atoms with Crippen LogP contribution in [0, 0.1) is 0 Å². The second-order valence-corrected chi connectivity index (χ2v) is 5.93. The molecule has 0 aliphatic heterocycles. The van der Waals surface area contributed by atoms with E-state index in [1.807, 2.05) is 30.3 Å². The number of fused-ring (bicyclic) bond motifs is 1. The number of hydrogen-bond donors (Lipinski definition) is 1. The highest BCUT2D eigenvalue weighted by molar-refractivity contribution is 7.17. The van der Waals surface area contributed by atoms with Gasteiger partial charge in [0.25, 0.3) is 0 Å². The molecule has 6 heteroatoms. The van der Waals surface area contributed by atoms with Crippen LogP contribution < -0.4 is 5.43 Å². The smallest absolute Gasteiger partial charge is 0.159 e. The Morgan fingerprint density at radius 1 is 1.04 bits per heavy atom. The van der Waals surface area contributed by atoms with Crippen LogP contribution in [0.1, 0.15) is 5.56 Å². The van der Waals surface area contributed by atoms with E-state index in [0.29, 0.717) is 5.82 Å². The summed E-state index contributed by atoms with van der Waals surface area (Å²) < 4.78 is 0. The number of hydrogen-bond acceptors (Lipinski definition) is 6. The molecule has 0 spiro atoms. The summed E-state index contributed by atoms with van der Waals surface area (Å²) in [6.45, 7) is 0. The summed E-state index contributed by atoms with van der Waals surface area (Å²) in [7, 11) is 0. The van der Waals surface area contributed by atoms with Crippen molar-refractivity contribution in [2.75, 3.05) is 5.43 Å². The van der Waals surface area contributed by atoms with Gasteiger partial charge in [-0.05, 0) is 11.6 Å². The molecule has 0 radical (unpaired) electrons. The van der Waals surface area contributed by atoms with Gasteiger partial charge >= 0.3 is 0 Å². The topological polar surface area (TPSA) is 63.1 Å². The van der Waals surface area contributed by atoms with E-state index in [4.69, 9.17) is 0 Å². The highest BCUT2D eigenvalue weighted by Gasteiger charge is 2.12. The van der Waals surface area contributed by atoms with Crippen LogP contribution in [0.3, 0.4) is 0 Å². The van der Waals surface area contributed by atoms with Crippen LogP contribution in [0.2, 0.25) is 0 Å². The van der Waals surface area contributed by atoms with Crippen molar-refractivity contribution in [1.29, 1.82) is 0 Å². The summed E-state index contributed by atoms with van der Waals surface area (Å²) >= 11 is 1.60. The maximum atomic E-state index is 4.36. The van der Waals surface area contributed by atoms with E-state index in [1.54, 1.807) is 36.3 Å². The molecule has 1 aromatic carbocycles. The second kappa shape index (κ2) is 6.55. The molecule has 1 N–H and O–H groups in total. The Labute approximate surface area is 142 Å². The lowest BCUT2D eigenvalue weighted by Gasteiger charge is -2.04. The number of nitrogens with one attached hydrogen (secondary N) is 1. The first-order chi connectivity index (χ1) is 11.9. The minimum atomic E-state index is 0.695. The summed E-state index contributed by atoms with van der Waals surface area (Å²) in [5.74, 6) is 0.695. The summed E-state index contributed by atoms with van der Waals surface area (Å²) in [6, 6.07) is 14.0. The Balaban J connectivity index is 1.71. The Kier molecular flexibility index (Phi) is 3.95. The van der Waals surface area contributed by atoms with Crippen LogP contribution in [0.4, 0.5) is 5.82 Å². The zero-order chi connectivity index (χ0) is 16.2. The molecular weight excluding hydrogens is 318 g/mol. The third-order valence-corrected chi connectivity index (χ3v) is 4.41. The van der Waals surface area contributed by atoms with Gasteiger partial charge in [-0.3, -0.25) is 10.4 Å². The lowest BCUT2D eigenvalue weighted by molar-refractivity contribution is 1.19. The van der Waals surface area contributed by atoms with Crippen molar-refractivity contribution >= 4 is 33.6 Å². The number of thiophene rings is 1. The minimum absolute atomic E-state index is 0.695. The van der Waals surface area contributed by atoms with Crippen LogP contribution in [-0.4, -0.2) is 21.2 Å². The van der Waals surface area contributed by atoms with Crippen molar-refractivity contribution in [3.05, 3.63) is 72.1 Å². The average Bonchev–Trinajstić information content (AvgIpc) is 3.08. The maximum Gasteiger partial charge on any atom is 0.159 e. The van der Waals surface area contributed by atoms with Crippen molar-refractivity contribution in [2.45, 2.75) is 0 Å². The van der Waals surface area contributed by atoms with Crippen LogP contribution in [0.25, 0.3) is 21.3 Å². The second-order valence-electron chi connectivity index (χ2n) is 5.07. The van der Waals surface area contributed by atoms with E-state index in [1.165, 1.54) is 0 Å².